The van der Waals surface area contributed by atoms with Crippen molar-refractivity contribution in [1.82, 2.24) is 10.3 Å². The highest BCUT2D eigenvalue weighted by molar-refractivity contribution is 5.85. The Kier molecular flexibility index (Phi) is 2.10. The third kappa shape index (κ3) is 1.59. The molecular weight excluding hydrogens is 188 g/mol. The Balaban J connectivity index is 1.90. The van der Waals surface area contributed by atoms with Gasteiger partial charge < -0.3 is 15.0 Å². The van der Waals surface area contributed by atoms with Crippen LogP contribution in [0.25, 0.3) is 10.9 Å². The topological polar surface area (TPSA) is 37.0 Å². The van der Waals surface area contributed by atoms with Crippen LogP contribution in [0.15, 0.2) is 30.5 Å². The molecular formula is C12H14N2O. The molecule has 0 amide bonds. The molecule has 15 heavy (non-hydrogen) atoms. The zero-order chi connectivity index (χ0) is 10.1. The van der Waals surface area contributed by atoms with Crippen LogP contribution in [-0.2, 0) is 0 Å². The highest BCUT2D eigenvalue weighted by Crippen LogP contribution is 2.26. The van der Waals surface area contributed by atoms with Gasteiger partial charge in [-0.1, -0.05) is 12.1 Å². The molecule has 2 heterocycles. The summed E-state index contributed by atoms with van der Waals surface area (Å²) < 4.78 is 5.93. The van der Waals surface area contributed by atoms with Gasteiger partial charge in [0.1, 0.15) is 11.9 Å². The summed E-state index contributed by atoms with van der Waals surface area (Å²) in [6.45, 7) is 2.02. The summed E-state index contributed by atoms with van der Waals surface area (Å²) in [5, 5.41) is 4.47. The molecule has 1 aliphatic rings. The highest BCUT2D eigenvalue weighted by atomic mass is 16.5. The van der Waals surface area contributed by atoms with Crippen LogP contribution in [0.1, 0.15) is 6.42 Å². The molecule has 0 radical (unpaired) electrons. The number of aromatic nitrogens is 1. The monoisotopic (exact) mass is 202 g/mol. The van der Waals surface area contributed by atoms with Crippen molar-refractivity contribution >= 4 is 10.9 Å². The van der Waals surface area contributed by atoms with Crippen LogP contribution in [0.3, 0.4) is 0 Å². The van der Waals surface area contributed by atoms with E-state index in [9.17, 15) is 0 Å². The molecule has 0 bridgehead atoms. The Morgan fingerprint density at radius 2 is 2.20 bits per heavy atom. The highest BCUT2D eigenvalue weighted by Gasteiger charge is 2.17. The predicted molar refractivity (Wildman–Crippen MR) is 60.2 cm³/mol. The standard InChI is InChI=1S/C12H14N2O/c1-2-4-11-10(3-1)12(8-14-11)15-9-5-6-13-7-9/h1-4,8-9,13-14H,5-7H2. The molecule has 1 aliphatic heterocycles. The van der Waals surface area contributed by atoms with E-state index in [4.69, 9.17) is 4.74 Å². The molecule has 1 unspecified atom stereocenters. The van der Waals surface area contributed by atoms with Gasteiger partial charge in [0.05, 0.1) is 0 Å². The fraction of sp³-hybridized carbons (Fsp3) is 0.333. The number of rotatable bonds is 2. The summed E-state index contributed by atoms with van der Waals surface area (Å²) in [5.74, 6) is 0.972. The molecule has 0 spiro atoms. The van der Waals surface area contributed by atoms with Crippen LogP contribution in [0.4, 0.5) is 0 Å². The fourth-order valence-corrected chi connectivity index (χ4v) is 2.05. The lowest BCUT2D eigenvalue weighted by molar-refractivity contribution is 0.226. The molecule has 3 nitrogen and oxygen atoms in total. The van der Waals surface area contributed by atoms with Crippen LogP contribution in [0.5, 0.6) is 5.75 Å². The van der Waals surface area contributed by atoms with E-state index in [1.165, 1.54) is 5.39 Å². The van der Waals surface area contributed by atoms with Crippen molar-refractivity contribution in [3.63, 3.8) is 0 Å². The van der Waals surface area contributed by atoms with Crippen LogP contribution in [-0.4, -0.2) is 24.2 Å². The average Bonchev–Trinajstić information content (AvgIpc) is 2.89. The van der Waals surface area contributed by atoms with Crippen molar-refractivity contribution in [2.75, 3.05) is 13.1 Å². The van der Waals surface area contributed by atoms with Crippen LogP contribution in [0, 0.1) is 0 Å². The van der Waals surface area contributed by atoms with Crippen LogP contribution >= 0.6 is 0 Å². The Hall–Kier alpha value is -1.48. The first-order valence-corrected chi connectivity index (χ1v) is 5.37. The van der Waals surface area contributed by atoms with E-state index in [0.717, 1.165) is 30.8 Å². The zero-order valence-electron chi connectivity index (χ0n) is 8.49. The van der Waals surface area contributed by atoms with E-state index in [0.29, 0.717) is 6.10 Å². The maximum Gasteiger partial charge on any atom is 0.145 e. The lowest BCUT2D eigenvalue weighted by Crippen LogP contribution is -2.19. The van der Waals surface area contributed by atoms with E-state index in [1.807, 2.05) is 18.3 Å². The molecule has 1 saturated heterocycles. The number of hydrogen-bond donors (Lipinski definition) is 2. The minimum Gasteiger partial charge on any atom is -0.487 e. The maximum absolute atomic E-state index is 5.93. The Morgan fingerprint density at radius 1 is 1.27 bits per heavy atom. The summed E-state index contributed by atoms with van der Waals surface area (Å²) in [7, 11) is 0. The predicted octanol–water partition coefficient (Wildman–Crippen LogP) is 1.91. The van der Waals surface area contributed by atoms with Gasteiger partial charge >= 0.3 is 0 Å². The van der Waals surface area contributed by atoms with Gasteiger partial charge in [0.25, 0.3) is 0 Å². The minimum absolute atomic E-state index is 0.323. The maximum atomic E-state index is 5.93. The summed E-state index contributed by atoms with van der Waals surface area (Å²) >= 11 is 0. The van der Waals surface area contributed by atoms with Crippen molar-refractivity contribution < 1.29 is 4.74 Å². The first kappa shape index (κ1) is 8.80. The number of fused-ring (bicyclic) bond motifs is 1. The van der Waals surface area contributed by atoms with Crippen LogP contribution < -0.4 is 10.1 Å². The van der Waals surface area contributed by atoms with Gasteiger partial charge in [0.2, 0.25) is 0 Å². The Labute approximate surface area is 88.4 Å². The molecule has 2 aromatic rings. The zero-order valence-corrected chi connectivity index (χ0v) is 8.49. The molecule has 0 saturated carbocycles. The van der Waals surface area contributed by atoms with Gasteiger partial charge in [0, 0.05) is 23.6 Å². The summed E-state index contributed by atoms with van der Waals surface area (Å²) in [5.41, 5.74) is 1.14. The molecule has 1 aromatic carbocycles. The van der Waals surface area contributed by atoms with Gasteiger partial charge in [-0.2, -0.15) is 0 Å². The van der Waals surface area contributed by atoms with Crippen LogP contribution in [0.2, 0.25) is 0 Å². The smallest absolute Gasteiger partial charge is 0.145 e. The second-order valence-electron chi connectivity index (χ2n) is 3.93. The molecule has 1 aromatic heterocycles. The quantitative estimate of drug-likeness (QED) is 0.780. The second kappa shape index (κ2) is 3.59. The van der Waals surface area contributed by atoms with E-state index < -0.39 is 0 Å². The fourth-order valence-electron chi connectivity index (χ4n) is 2.05. The molecule has 3 heteroatoms. The largest absolute Gasteiger partial charge is 0.487 e. The van der Waals surface area contributed by atoms with Gasteiger partial charge in [0.15, 0.2) is 0 Å². The van der Waals surface area contributed by atoms with E-state index in [2.05, 4.69) is 22.4 Å². The second-order valence-corrected chi connectivity index (χ2v) is 3.93. The first-order chi connectivity index (χ1) is 7.43. The summed E-state index contributed by atoms with van der Waals surface area (Å²) in [4.78, 5) is 3.22. The SMILES string of the molecule is c1ccc2c(OC3CCNC3)c[nH]c2c1. The van der Waals surface area contributed by atoms with Gasteiger partial charge in [-0.3, -0.25) is 0 Å². The van der Waals surface area contributed by atoms with E-state index in [1.54, 1.807) is 0 Å². The number of nitrogens with one attached hydrogen (secondary N) is 2. The van der Waals surface area contributed by atoms with Crippen molar-refractivity contribution in [3.05, 3.63) is 30.5 Å². The third-order valence-electron chi connectivity index (χ3n) is 2.86. The molecule has 2 N–H and O–H groups in total. The summed E-state index contributed by atoms with van der Waals surface area (Å²) in [6.07, 6.45) is 3.37. The lowest BCUT2D eigenvalue weighted by atomic mass is 10.2. The Bertz CT molecular complexity index is 457. The van der Waals surface area contributed by atoms with Crippen molar-refractivity contribution in [1.29, 1.82) is 0 Å². The van der Waals surface area contributed by atoms with Gasteiger partial charge in [-0.05, 0) is 25.1 Å². The molecule has 1 fully saturated rings. The number of aromatic amines is 1. The number of ether oxygens (including phenoxy) is 1. The minimum atomic E-state index is 0.323. The van der Waals surface area contributed by atoms with Crippen molar-refractivity contribution in [3.8, 4) is 5.75 Å². The molecule has 1 atom stereocenters. The van der Waals surface area contributed by atoms with E-state index >= 15 is 0 Å². The van der Waals surface area contributed by atoms with E-state index in [-0.39, 0.29) is 0 Å². The molecule has 0 aliphatic carbocycles. The number of hydrogen-bond acceptors (Lipinski definition) is 2. The molecule has 78 valence electrons. The van der Waals surface area contributed by atoms with Crippen molar-refractivity contribution in [2.24, 2.45) is 0 Å². The average molecular weight is 202 g/mol. The van der Waals surface area contributed by atoms with Crippen molar-refractivity contribution in [2.45, 2.75) is 12.5 Å². The normalized spacial score (nSPS) is 20.9. The summed E-state index contributed by atoms with van der Waals surface area (Å²) in [6, 6.07) is 8.22. The lowest BCUT2D eigenvalue weighted by Gasteiger charge is -2.10. The number of H-pyrrole nitrogens is 1. The number of para-hydroxylation sites is 1. The first-order valence-electron chi connectivity index (χ1n) is 5.37. The van der Waals surface area contributed by atoms with Gasteiger partial charge in [-0.25, -0.2) is 0 Å². The number of benzene rings is 1. The Morgan fingerprint density at radius 3 is 3.07 bits per heavy atom. The van der Waals surface area contributed by atoms with Gasteiger partial charge in [-0.15, -0.1) is 0 Å². The third-order valence-corrected chi connectivity index (χ3v) is 2.86. The molecule has 3 rings (SSSR count).